The third kappa shape index (κ3) is 5.04. The Kier molecular flexibility index (Phi) is 7.15. The summed E-state index contributed by atoms with van der Waals surface area (Å²) >= 11 is 0. The van der Waals surface area contributed by atoms with Crippen LogP contribution < -0.4 is 9.47 Å². The molecule has 1 aliphatic rings. The first-order valence-electron chi connectivity index (χ1n) is 11.4. The number of methoxy groups -OCH3 is 1. The van der Waals surface area contributed by atoms with Crippen LogP contribution >= 0.6 is 0 Å². The average molecular weight is 473 g/mol. The van der Waals surface area contributed by atoms with Gasteiger partial charge in [0, 0.05) is 23.5 Å². The van der Waals surface area contributed by atoms with Gasteiger partial charge in [0.2, 0.25) is 0 Å². The summed E-state index contributed by atoms with van der Waals surface area (Å²) in [6.45, 7) is 4.83. The van der Waals surface area contributed by atoms with E-state index in [2.05, 4.69) is 18.8 Å². The van der Waals surface area contributed by atoms with Crippen LogP contribution in [0.1, 0.15) is 36.6 Å². The predicted octanol–water partition coefficient (Wildman–Crippen LogP) is 4.75. The van der Waals surface area contributed by atoms with Crippen molar-refractivity contribution in [1.82, 2.24) is 9.88 Å². The number of pyridine rings is 1. The maximum absolute atomic E-state index is 13.2. The van der Waals surface area contributed by atoms with Crippen LogP contribution in [0.4, 0.5) is 0 Å². The summed E-state index contributed by atoms with van der Waals surface area (Å²) in [7, 11) is 1.56. The number of hydrogen-bond acceptors (Lipinski definition) is 6. The van der Waals surface area contributed by atoms with Crippen molar-refractivity contribution in [2.24, 2.45) is 5.92 Å². The SMILES string of the molecule is COc1ccccc1CN1C(=O)C(=O)/C(=C(/O)c2ccc(OCC(C)C)cc2)C1c1ccncc1. The van der Waals surface area contributed by atoms with Gasteiger partial charge in [-0.2, -0.15) is 0 Å². The zero-order valence-electron chi connectivity index (χ0n) is 20.0. The van der Waals surface area contributed by atoms with Gasteiger partial charge in [-0.3, -0.25) is 14.6 Å². The lowest BCUT2D eigenvalue weighted by Gasteiger charge is -2.26. The van der Waals surface area contributed by atoms with Gasteiger partial charge in [0.05, 0.1) is 31.9 Å². The van der Waals surface area contributed by atoms with Crippen molar-refractivity contribution in [3.63, 3.8) is 0 Å². The summed E-state index contributed by atoms with van der Waals surface area (Å²) < 4.78 is 11.2. The van der Waals surface area contributed by atoms with E-state index in [1.54, 1.807) is 62.0 Å². The minimum absolute atomic E-state index is 0.0342. The number of nitrogens with zero attached hydrogens (tertiary/aromatic N) is 2. The van der Waals surface area contributed by atoms with Gasteiger partial charge in [-0.1, -0.05) is 32.0 Å². The number of rotatable bonds is 8. The van der Waals surface area contributed by atoms with Crippen LogP contribution in [0, 0.1) is 5.92 Å². The van der Waals surface area contributed by atoms with Crippen molar-refractivity contribution in [2.75, 3.05) is 13.7 Å². The topological polar surface area (TPSA) is 89.0 Å². The van der Waals surface area contributed by atoms with Crippen molar-refractivity contribution in [3.8, 4) is 11.5 Å². The highest BCUT2D eigenvalue weighted by atomic mass is 16.5. The van der Waals surface area contributed by atoms with E-state index in [9.17, 15) is 14.7 Å². The van der Waals surface area contributed by atoms with Crippen LogP contribution in [0.25, 0.3) is 5.76 Å². The summed E-state index contributed by atoms with van der Waals surface area (Å²) in [6.07, 6.45) is 3.19. The van der Waals surface area contributed by atoms with E-state index < -0.39 is 17.7 Å². The molecule has 2 heterocycles. The molecule has 0 bridgehead atoms. The Bertz CT molecular complexity index is 1240. The Balaban J connectivity index is 1.75. The molecule has 0 aliphatic carbocycles. The Morgan fingerprint density at radius 3 is 2.37 bits per heavy atom. The number of Topliss-reactive ketones (excluding diaryl/α,β-unsaturated/α-hetero) is 1. The second kappa shape index (κ2) is 10.4. The first kappa shape index (κ1) is 24.0. The first-order valence-corrected chi connectivity index (χ1v) is 11.4. The zero-order valence-corrected chi connectivity index (χ0v) is 20.0. The molecule has 1 atom stereocenters. The smallest absolute Gasteiger partial charge is 0.295 e. The van der Waals surface area contributed by atoms with E-state index in [-0.39, 0.29) is 17.9 Å². The molecule has 180 valence electrons. The summed E-state index contributed by atoms with van der Waals surface area (Å²) in [4.78, 5) is 31.9. The fourth-order valence-corrected chi connectivity index (χ4v) is 4.08. The number of aromatic nitrogens is 1. The van der Waals surface area contributed by atoms with E-state index in [0.29, 0.717) is 35.2 Å². The molecule has 4 rings (SSSR count). The van der Waals surface area contributed by atoms with Gasteiger partial charge < -0.3 is 19.5 Å². The van der Waals surface area contributed by atoms with Crippen LogP contribution in [0.3, 0.4) is 0 Å². The Hall–Kier alpha value is -4.13. The molecule has 2 aromatic carbocycles. The molecule has 0 spiro atoms. The van der Waals surface area contributed by atoms with Gasteiger partial charge in [-0.05, 0) is 53.9 Å². The molecule has 1 amide bonds. The fourth-order valence-electron chi connectivity index (χ4n) is 4.08. The van der Waals surface area contributed by atoms with Gasteiger partial charge in [0.25, 0.3) is 11.7 Å². The number of carbonyl (C=O) groups is 2. The summed E-state index contributed by atoms with van der Waals surface area (Å²) in [6, 6.07) is 16.9. The molecule has 7 heteroatoms. The second-order valence-corrected chi connectivity index (χ2v) is 8.75. The second-order valence-electron chi connectivity index (χ2n) is 8.75. The van der Waals surface area contributed by atoms with Gasteiger partial charge >= 0.3 is 0 Å². The molecule has 7 nitrogen and oxygen atoms in total. The number of ether oxygens (including phenoxy) is 2. The highest BCUT2D eigenvalue weighted by Gasteiger charge is 2.46. The third-order valence-corrected chi connectivity index (χ3v) is 5.81. The summed E-state index contributed by atoms with van der Waals surface area (Å²) in [5.74, 6) is -0.00122. The van der Waals surface area contributed by atoms with Gasteiger partial charge in [0.1, 0.15) is 17.3 Å². The summed E-state index contributed by atoms with van der Waals surface area (Å²) in [5, 5.41) is 11.2. The molecule has 3 aromatic rings. The van der Waals surface area contributed by atoms with E-state index in [0.717, 1.165) is 5.56 Å². The Morgan fingerprint density at radius 2 is 1.71 bits per heavy atom. The number of carbonyl (C=O) groups excluding carboxylic acids is 2. The highest BCUT2D eigenvalue weighted by Crippen LogP contribution is 2.41. The maximum atomic E-state index is 13.2. The van der Waals surface area contributed by atoms with Crippen molar-refractivity contribution < 1.29 is 24.2 Å². The maximum Gasteiger partial charge on any atom is 0.295 e. The molecule has 1 aliphatic heterocycles. The van der Waals surface area contributed by atoms with Crippen LogP contribution in [0.2, 0.25) is 0 Å². The molecule has 0 radical (unpaired) electrons. The van der Waals surface area contributed by atoms with Gasteiger partial charge in [-0.15, -0.1) is 0 Å². The minimum Gasteiger partial charge on any atom is -0.507 e. The van der Waals surface area contributed by atoms with E-state index in [4.69, 9.17) is 9.47 Å². The molecule has 1 fully saturated rings. The van der Waals surface area contributed by atoms with E-state index in [1.165, 1.54) is 4.90 Å². The average Bonchev–Trinajstić information content (AvgIpc) is 3.13. The lowest BCUT2D eigenvalue weighted by molar-refractivity contribution is -0.140. The Morgan fingerprint density at radius 1 is 1.03 bits per heavy atom. The summed E-state index contributed by atoms with van der Waals surface area (Å²) in [5.41, 5.74) is 1.89. The number of benzene rings is 2. The minimum atomic E-state index is -0.778. The fraction of sp³-hybridized carbons (Fsp3) is 0.250. The number of aliphatic hydroxyl groups excluding tert-OH is 1. The monoisotopic (exact) mass is 472 g/mol. The van der Waals surface area contributed by atoms with Crippen LogP contribution in [-0.4, -0.2) is 40.4 Å². The van der Waals surface area contributed by atoms with Gasteiger partial charge in [-0.25, -0.2) is 0 Å². The third-order valence-electron chi connectivity index (χ3n) is 5.81. The largest absolute Gasteiger partial charge is 0.507 e. The first-order chi connectivity index (χ1) is 16.9. The number of amides is 1. The van der Waals surface area contributed by atoms with Crippen LogP contribution in [-0.2, 0) is 16.1 Å². The molecule has 1 saturated heterocycles. The van der Waals surface area contributed by atoms with E-state index >= 15 is 0 Å². The molecule has 1 aromatic heterocycles. The molecule has 1 unspecified atom stereocenters. The van der Waals surface area contributed by atoms with E-state index in [1.807, 2.05) is 18.2 Å². The molecular weight excluding hydrogens is 444 g/mol. The number of hydrogen-bond donors (Lipinski definition) is 1. The molecule has 35 heavy (non-hydrogen) atoms. The van der Waals surface area contributed by atoms with Crippen molar-refractivity contribution in [2.45, 2.75) is 26.4 Å². The lowest BCUT2D eigenvalue weighted by Crippen LogP contribution is -2.29. The number of likely N-dealkylation sites (tertiary alicyclic amines) is 1. The molecule has 1 N–H and O–H groups in total. The molecule has 0 saturated carbocycles. The van der Waals surface area contributed by atoms with Gasteiger partial charge in [0.15, 0.2) is 0 Å². The van der Waals surface area contributed by atoms with Crippen molar-refractivity contribution >= 4 is 17.4 Å². The van der Waals surface area contributed by atoms with Crippen LogP contribution in [0.15, 0.2) is 78.6 Å². The Labute approximate surface area is 204 Å². The van der Waals surface area contributed by atoms with Crippen molar-refractivity contribution in [3.05, 3.63) is 95.3 Å². The number of para-hydroxylation sites is 1. The lowest BCUT2D eigenvalue weighted by atomic mass is 9.95. The standard InChI is InChI=1S/C28H28N2O5/c1-18(2)17-35-22-10-8-20(9-11-22)26(31)24-25(19-12-14-29-15-13-19)30(28(33)27(24)32)16-21-6-4-5-7-23(21)34-3/h4-15,18,25,31H,16-17H2,1-3H3/b26-24+. The number of ketones is 1. The number of aliphatic hydroxyl groups is 1. The predicted molar refractivity (Wildman–Crippen MR) is 132 cm³/mol. The zero-order chi connectivity index (χ0) is 24.9. The van der Waals surface area contributed by atoms with Crippen LogP contribution in [0.5, 0.6) is 11.5 Å². The highest BCUT2D eigenvalue weighted by molar-refractivity contribution is 6.46. The normalized spacial score (nSPS) is 17.1. The quantitative estimate of drug-likeness (QED) is 0.289. The molecular formula is C28H28N2O5. The van der Waals surface area contributed by atoms with Crippen molar-refractivity contribution in [1.29, 1.82) is 0 Å².